The first-order valence-corrected chi connectivity index (χ1v) is 8.74. The molecule has 0 saturated carbocycles. The predicted molar refractivity (Wildman–Crippen MR) is 98.5 cm³/mol. The lowest BCUT2D eigenvalue weighted by Crippen LogP contribution is -2.14. The van der Waals surface area contributed by atoms with Crippen molar-refractivity contribution in [2.45, 2.75) is 5.16 Å². The molecule has 1 heterocycles. The van der Waals surface area contributed by atoms with Crippen LogP contribution in [0.1, 0.15) is 10.4 Å². The maximum Gasteiger partial charge on any atom is 0.335 e. The molecule has 1 amide bonds. The average Bonchev–Trinajstić information content (AvgIpc) is 3.15. The highest BCUT2D eigenvalue weighted by molar-refractivity contribution is 7.99. The highest BCUT2D eigenvalue weighted by Crippen LogP contribution is 2.20. The van der Waals surface area contributed by atoms with Gasteiger partial charge in [0.2, 0.25) is 11.1 Å². The molecular weight excluding hydrogens is 370 g/mol. The van der Waals surface area contributed by atoms with Crippen LogP contribution in [-0.2, 0) is 4.79 Å². The highest BCUT2D eigenvalue weighted by Gasteiger charge is 2.12. The molecule has 0 bridgehead atoms. The second-order valence-electron chi connectivity index (χ2n) is 5.29. The predicted octanol–water partition coefficient (Wildman–Crippen LogP) is 2.10. The summed E-state index contributed by atoms with van der Waals surface area (Å²) in [5.74, 6) is -0.465. The van der Waals surface area contributed by atoms with E-state index >= 15 is 0 Å². The normalized spacial score (nSPS) is 10.4. The number of hydrogen-bond acceptors (Lipinski definition) is 7. The minimum absolute atomic E-state index is 0.0945. The number of methoxy groups -OCH3 is 1. The van der Waals surface area contributed by atoms with Crippen LogP contribution in [-0.4, -0.2) is 50.1 Å². The summed E-state index contributed by atoms with van der Waals surface area (Å²) in [7, 11) is 1.58. The Hall–Kier alpha value is -3.40. The van der Waals surface area contributed by atoms with Gasteiger partial charge in [-0.3, -0.25) is 4.79 Å². The summed E-state index contributed by atoms with van der Waals surface area (Å²) < 4.78 is 6.65. The van der Waals surface area contributed by atoms with Crippen LogP contribution in [0.4, 0.5) is 5.69 Å². The fraction of sp³-hybridized carbons (Fsp3) is 0.118. The minimum atomic E-state index is -1.02. The lowest BCUT2D eigenvalue weighted by molar-refractivity contribution is -0.113. The molecule has 2 N–H and O–H groups in total. The Morgan fingerprint density at radius 2 is 1.85 bits per heavy atom. The number of nitrogens with one attached hydrogen (secondary N) is 1. The standard InChI is InChI=1S/C17H15N5O4S/c1-26-14-8-6-13(7-9-14)22-17(19-20-21-22)27-10-15(23)18-12-4-2-11(3-5-12)16(24)25/h2-9H,10H2,1H3,(H,18,23)(H,24,25). The number of rotatable bonds is 7. The Kier molecular flexibility index (Phi) is 5.67. The summed E-state index contributed by atoms with van der Waals surface area (Å²) >= 11 is 1.18. The number of aromatic nitrogens is 4. The van der Waals surface area contributed by atoms with Crippen LogP contribution in [0, 0.1) is 0 Å². The third-order valence-electron chi connectivity index (χ3n) is 3.51. The van der Waals surface area contributed by atoms with Crippen LogP contribution >= 0.6 is 11.8 Å². The van der Waals surface area contributed by atoms with Crippen molar-refractivity contribution >= 4 is 29.3 Å². The van der Waals surface area contributed by atoms with Gasteiger partial charge in [-0.1, -0.05) is 11.8 Å². The van der Waals surface area contributed by atoms with Crippen molar-refractivity contribution in [2.24, 2.45) is 0 Å². The third-order valence-corrected chi connectivity index (χ3v) is 4.43. The molecule has 10 heteroatoms. The number of amides is 1. The Morgan fingerprint density at radius 3 is 2.48 bits per heavy atom. The molecule has 0 saturated heterocycles. The number of carbonyl (C=O) groups is 2. The molecule has 0 atom stereocenters. The van der Waals surface area contributed by atoms with E-state index in [9.17, 15) is 9.59 Å². The molecular formula is C17H15N5O4S. The van der Waals surface area contributed by atoms with E-state index in [1.54, 1.807) is 19.2 Å². The first-order valence-electron chi connectivity index (χ1n) is 7.75. The maximum absolute atomic E-state index is 12.1. The number of carboxylic acid groups (broad SMARTS) is 1. The quantitative estimate of drug-likeness (QED) is 0.594. The number of benzene rings is 2. The van der Waals surface area contributed by atoms with Gasteiger partial charge < -0.3 is 15.2 Å². The van der Waals surface area contributed by atoms with Gasteiger partial charge >= 0.3 is 5.97 Å². The molecule has 0 aliphatic heterocycles. The van der Waals surface area contributed by atoms with Gasteiger partial charge in [-0.25, -0.2) is 4.79 Å². The topological polar surface area (TPSA) is 119 Å². The minimum Gasteiger partial charge on any atom is -0.497 e. The van der Waals surface area contributed by atoms with Crippen molar-refractivity contribution in [3.63, 3.8) is 0 Å². The van der Waals surface area contributed by atoms with E-state index in [0.29, 0.717) is 16.6 Å². The van der Waals surface area contributed by atoms with Crippen molar-refractivity contribution in [1.29, 1.82) is 0 Å². The Labute approximate surface area is 158 Å². The first kappa shape index (κ1) is 18.4. The summed E-state index contributed by atoms with van der Waals surface area (Å²) in [6.45, 7) is 0. The van der Waals surface area contributed by atoms with Crippen LogP contribution in [0.5, 0.6) is 5.75 Å². The van der Waals surface area contributed by atoms with Gasteiger partial charge in [0.1, 0.15) is 5.75 Å². The van der Waals surface area contributed by atoms with E-state index in [0.717, 1.165) is 5.69 Å². The van der Waals surface area contributed by atoms with E-state index in [4.69, 9.17) is 9.84 Å². The van der Waals surface area contributed by atoms with Crippen LogP contribution in [0.2, 0.25) is 0 Å². The molecule has 0 aliphatic rings. The Balaban J connectivity index is 1.60. The molecule has 9 nitrogen and oxygen atoms in total. The first-order chi connectivity index (χ1) is 13.1. The molecule has 1 aromatic heterocycles. The zero-order valence-corrected chi connectivity index (χ0v) is 15.0. The summed E-state index contributed by atoms with van der Waals surface area (Å²) in [6.07, 6.45) is 0. The van der Waals surface area contributed by atoms with E-state index in [1.165, 1.54) is 40.7 Å². The van der Waals surface area contributed by atoms with Crippen LogP contribution in [0.25, 0.3) is 5.69 Å². The van der Waals surface area contributed by atoms with Gasteiger partial charge in [0.05, 0.1) is 24.1 Å². The third kappa shape index (κ3) is 4.61. The molecule has 138 valence electrons. The van der Waals surface area contributed by atoms with Crippen LogP contribution < -0.4 is 10.1 Å². The number of hydrogen-bond donors (Lipinski definition) is 2. The van der Waals surface area contributed by atoms with Crippen molar-refractivity contribution < 1.29 is 19.4 Å². The van der Waals surface area contributed by atoms with Gasteiger partial charge in [-0.15, -0.1) is 5.10 Å². The average molecular weight is 385 g/mol. The van der Waals surface area contributed by atoms with E-state index in [-0.39, 0.29) is 17.2 Å². The molecule has 3 aromatic rings. The lowest BCUT2D eigenvalue weighted by Gasteiger charge is -2.07. The summed E-state index contributed by atoms with van der Waals surface area (Å²) in [5, 5.41) is 23.6. The number of carboxylic acids is 1. The molecule has 0 aliphatic carbocycles. The van der Waals surface area contributed by atoms with Gasteiger partial charge in [-0.05, 0) is 59.0 Å². The van der Waals surface area contributed by atoms with E-state index in [1.807, 2.05) is 12.1 Å². The Morgan fingerprint density at radius 1 is 1.15 bits per heavy atom. The number of tetrazole rings is 1. The van der Waals surface area contributed by atoms with E-state index in [2.05, 4.69) is 20.8 Å². The van der Waals surface area contributed by atoms with Crippen molar-refractivity contribution in [2.75, 3.05) is 18.2 Å². The summed E-state index contributed by atoms with van der Waals surface area (Å²) in [4.78, 5) is 22.9. The van der Waals surface area contributed by atoms with Gasteiger partial charge in [-0.2, -0.15) is 4.68 Å². The monoisotopic (exact) mass is 385 g/mol. The van der Waals surface area contributed by atoms with Crippen molar-refractivity contribution in [3.8, 4) is 11.4 Å². The number of ether oxygens (including phenoxy) is 1. The zero-order valence-electron chi connectivity index (χ0n) is 14.2. The van der Waals surface area contributed by atoms with Gasteiger partial charge in [0.15, 0.2) is 0 Å². The highest BCUT2D eigenvalue weighted by atomic mass is 32.2. The fourth-order valence-corrected chi connectivity index (χ4v) is 2.87. The van der Waals surface area contributed by atoms with Crippen molar-refractivity contribution in [3.05, 3.63) is 54.1 Å². The van der Waals surface area contributed by atoms with Crippen LogP contribution in [0.15, 0.2) is 53.7 Å². The number of anilines is 1. The lowest BCUT2D eigenvalue weighted by atomic mass is 10.2. The number of aromatic carboxylic acids is 1. The molecule has 0 radical (unpaired) electrons. The Bertz CT molecular complexity index is 941. The number of nitrogens with zero attached hydrogens (tertiary/aromatic N) is 4. The largest absolute Gasteiger partial charge is 0.497 e. The van der Waals surface area contributed by atoms with Gasteiger partial charge in [0, 0.05) is 5.69 Å². The van der Waals surface area contributed by atoms with Crippen molar-refractivity contribution in [1.82, 2.24) is 20.2 Å². The van der Waals surface area contributed by atoms with E-state index < -0.39 is 5.97 Å². The van der Waals surface area contributed by atoms with Gasteiger partial charge in [0.25, 0.3) is 0 Å². The molecule has 3 rings (SSSR count). The van der Waals surface area contributed by atoms with Crippen LogP contribution in [0.3, 0.4) is 0 Å². The molecule has 2 aromatic carbocycles. The number of carbonyl (C=O) groups excluding carboxylic acids is 1. The fourth-order valence-electron chi connectivity index (χ4n) is 2.18. The second kappa shape index (κ2) is 8.32. The number of thioether (sulfide) groups is 1. The second-order valence-corrected chi connectivity index (χ2v) is 6.23. The summed E-state index contributed by atoms with van der Waals surface area (Å²) in [5.41, 5.74) is 1.41. The zero-order chi connectivity index (χ0) is 19.2. The maximum atomic E-state index is 12.1. The molecule has 0 fully saturated rings. The SMILES string of the molecule is COc1ccc(-n2nnnc2SCC(=O)Nc2ccc(C(=O)O)cc2)cc1. The summed E-state index contributed by atoms with van der Waals surface area (Å²) in [6, 6.07) is 13.1. The molecule has 0 spiro atoms. The smallest absolute Gasteiger partial charge is 0.335 e. The molecule has 0 unspecified atom stereocenters. The molecule has 27 heavy (non-hydrogen) atoms.